The molecule has 0 aliphatic rings. The van der Waals surface area contributed by atoms with Gasteiger partial charge in [0.25, 0.3) is 0 Å². The van der Waals surface area contributed by atoms with Gasteiger partial charge in [-0.15, -0.1) is 5.10 Å². The van der Waals surface area contributed by atoms with Crippen molar-refractivity contribution in [3.8, 4) is 17.0 Å². The summed E-state index contributed by atoms with van der Waals surface area (Å²) >= 11 is 1.48. The van der Waals surface area contributed by atoms with E-state index in [0.717, 1.165) is 32.8 Å². The highest BCUT2D eigenvalue weighted by molar-refractivity contribution is 7.20. The minimum absolute atomic E-state index is 0.103. The fourth-order valence-electron chi connectivity index (χ4n) is 2.76. The molecular weight excluding hydrogens is 374 g/mol. The van der Waals surface area contributed by atoms with Gasteiger partial charge >= 0.3 is 0 Å². The molecule has 4 rings (SSSR count). The molecule has 0 unspecified atom stereocenters. The van der Waals surface area contributed by atoms with Gasteiger partial charge in [-0.3, -0.25) is 4.79 Å². The van der Waals surface area contributed by atoms with E-state index in [9.17, 15) is 4.79 Å². The fraction of sp³-hybridized carbons (Fsp3) is 0.150. The van der Waals surface area contributed by atoms with Gasteiger partial charge < -0.3 is 15.4 Å². The molecule has 2 aromatic carbocycles. The van der Waals surface area contributed by atoms with Crippen molar-refractivity contribution in [2.75, 3.05) is 23.8 Å². The summed E-state index contributed by atoms with van der Waals surface area (Å²) in [6, 6.07) is 17.3. The second kappa shape index (κ2) is 8.10. The molecule has 2 aromatic heterocycles. The molecule has 28 heavy (non-hydrogen) atoms. The Balaban J connectivity index is 1.44. The molecule has 4 aromatic rings. The molecule has 0 aliphatic carbocycles. The number of para-hydroxylation sites is 1. The monoisotopic (exact) mass is 393 g/mol. The average molecular weight is 393 g/mol. The molecule has 0 bridgehead atoms. The topological polar surface area (TPSA) is 80.5 Å². The first-order valence-electron chi connectivity index (χ1n) is 8.83. The lowest BCUT2D eigenvalue weighted by Gasteiger charge is -2.06. The Hall–Kier alpha value is -3.39. The quantitative estimate of drug-likeness (QED) is 0.465. The number of nitrogens with zero attached hydrogens (tertiary/aromatic N) is 3. The minimum Gasteiger partial charge on any atom is -0.492 e. The van der Waals surface area contributed by atoms with Gasteiger partial charge in [0.2, 0.25) is 16.0 Å². The third-order valence-electron chi connectivity index (χ3n) is 3.95. The Morgan fingerprint density at radius 3 is 2.86 bits per heavy atom. The highest BCUT2D eigenvalue weighted by atomic mass is 32.1. The second-order valence-corrected chi connectivity index (χ2v) is 7.05. The van der Waals surface area contributed by atoms with Crippen LogP contribution in [-0.4, -0.2) is 33.7 Å². The first-order valence-corrected chi connectivity index (χ1v) is 9.65. The molecule has 7 nitrogen and oxygen atoms in total. The van der Waals surface area contributed by atoms with E-state index < -0.39 is 0 Å². The van der Waals surface area contributed by atoms with Gasteiger partial charge in [-0.25, -0.2) is 9.50 Å². The Kier molecular flexibility index (Phi) is 5.20. The molecule has 0 saturated heterocycles. The standard InChI is InChI=1S/C20H19N5O2S/c1-14(26)23-16-7-5-6-15(12-16)18-13-22-20-25(18)24-19(28-20)21-10-11-27-17-8-3-2-4-9-17/h2-9,12-13H,10-11H2,1H3,(H,21,24)(H,23,26). The molecule has 0 fully saturated rings. The maximum Gasteiger partial charge on any atom is 0.221 e. The van der Waals surface area contributed by atoms with E-state index in [-0.39, 0.29) is 5.91 Å². The summed E-state index contributed by atoms with van der Waals surface area (Å²) < 4.78 is 7.48. The van der Waals surface area contributed by atoms with Crippen molar-refractivity contribution in [1.82, 2.24) is 14.6 Å². The molecular formula is C20H19N5O2S. The number of imidazole rings is 1. The zero-order valence-electron chi connectivity index (χ0n) is 15.3. The van der Waals surface area contributed by atoms with Crippen molar-refractivity contribution in [2.24, 2.45) is 0 Å². The molecule has 2 N–H and O–H groups in total. The van der Waals surface area contributed by atoms with Crippen LogP contribution in [0.1, 0.15) is 6.92 Å². The lowest BCUT2D eigenvalue weighted by molar-refractivity contribution is -0.114. The smallest absolute Gasteiger partial charge is 0.221 e. The Morgan fingerprint density at radius 1 is 1.18 bits per heavy atom. The number of carbonyl (C=O) groups is 1. The predicted molar refractivity (Wildman–Crippen MR) is 111 cm³/mol. The van der Waals surface area contributed by atoms with Crippen LogP contribution in [0.5, 0.6) is 5.75 Å². The van der Waals surface area contributed by atoms with Gasteiger partial charge in [-0.05, 0) is 24.3 Å². The van der Waals surface area contributed by atoms with Crippen LogP contribution in [0.3, 0.4) is 0 Å². The summed E-state index contributed by atoms with van der Waals surface area (Å²) in [5, 5.41) is 11.4. The van der Waals surface area contributed by atoms with E-state index in [1.807, 2.05) is 54.6 Å². The van der Waals surface area contributed by atoms with Crippen molar-refractivity contribution < 1.29 is 9.53 Å². The van der Waals surface area contributed by atoms with E-state index in [0.29, 0.717) is 13.2 Å². The van der Waals surface area contributed by atoms with E-state index in [1.165, 1.54) is 18.3 Å². The lowest BCUT2D eigenvalue weighted by atomic mass is 10.1. The molecule has 0 saturated carbocycles. The van der Waals surface area contributed by atoms with E-state index >= 15 is 0 Å². The van der Waals surface area contributed by atoms with Crippen LogP contribution >= 0.6 is 11.3 Å². The van der Waals surface area contributed by atoms with Crippen molar-refractivity contribution >= 4 is 33.0 Å². The van der Waals surface area contributed by atoms with Gasteiger partial charge in [0.1, 0.15) is 12.4 Å². The summed E-state index contributed by atoms with van der Waals surface area (Å²) in [5.41, 5.74) is 2.54. The van der Waals surface area contributed by atoms with Crippen molar-refractivity contribution in [2.45, 2.75) is 6.92 Å². The molecule has 0 radical (unpaired) electrons. The number of carbonyl (C=O) groups excluding carboxylic acids is 1. The molecule has 2 heterocycles. The summed E-state index contributed by atoms with van der Waals surface area (Å²) in [6.07, 6.45) is 1.79. The Bertz CT molecular complexity index is 1090. The fourth-order valence-corrected chi connectivity index (χ4v) is 3.56. The largest absolute Gasteiger partial charge is 0.492 e. The maximum atomic E-state index is 11.3. The number of hydrogen-bond donors (Lipinski definition) is 2. The zero-order valence-corrected chi connectivity index (χ0v) is 16.1. The van der Waals surface area contributed by atoms with Crippen molar-refractivity contribution in [3.05, 3.63) is 60.8 Å². The first kappa shape index (κ1) is 18.0. The molecule has 8 heteroatoms. The van der Waals surface area contributed by atoms with Crippen LogP contribution in [0, 0.1) is 0 Å². The zero-order chi connectivity index (χ0) is 19.3. The van der Waals surface area contributed by atoms with Crippen LogP contribution in [0.25, 0.3) is 16.2 Å². The number of benzene rings is 2. The average Bonchev–Trinajstić information content (AvgIpc) is 3.26. The van der Waals surface area contributed by atoms with Crippen LogP contribution in [-0.2, 0) is 4.79 Å². The van der Waals surface area contributed by atoms with E-state index in [1.54, 1.807) is 10.7 Å². The predicted octanol–water partition coefficient (Wildman–Crippen LogP) is 3.91. The number of hydrogen-bond acceptors (Lipinski definition) is 6. The molecule has 0 spiro atoms. The highest BCUT2D eigenvalue weighted by Gasteiger charge is 2.12. The number of anilines is 2. The number of rotatable bonds is 7. The summed E-state index contributed by atoms with van der Waals surface area (Å²) in [5.74, 6) is 0.744. The van der Waals surface area contributed by atoms with E-state index in [2.05, 4.69) is 20.7 Å². The number of ether oxygens (including phenoxy) is 1. The van der Waals surface area contributed by atoms with Gasteiger partial charge in [0.05, 0.1) is 18.4 Å². The second-order valence-electron chi connectivity index (χ2n) is 6.10. The van der Waals surface area contributed by atoms with E-state index in [4.69, 9.17) is 4.74 Å². The molecule has 142 valence electrons. The summed E-state index contributed by atoms with van der Waals surface area (Å²) in [7, 11) is 0. The van der Waals surface area contributed by atoms with Crippen molar-refractivity contribution in [1.29, 1.82) is 0 Å². The minimum atomic E-state index is -0.103. The molecule has 0 atom stereocenters. The van der Waals surface area contributed by atoms with Crippen LogP contribution < -0.4 is 15.4 Å². The maximum absolute atomic E-state index is 11.3. The first-order chi connectivity index (χ1) is 13.7. The summed E-state index contributed by atoms with van der Waals surface area (Å²) in [6.45, 7) is 2.67. The third kappa shape index (κ3) is 4.12. The Labute approximate surface area is 166 Å². The lowest BCUT2D eigenvalue weighted by Crippen LogP contribution is -2.11. The van der Waals surface area contributed by atoms with Crippen LogP contribution in [0.4, 0.5) is 10.8 Å². The number of amides is 1. The molecule has 0 aliphatic heterocycles. The Morgan fingerprint density at radius 2 is 2.04 bits per heavy atom. The number of nitrogens with one attached hydrogen (secondary N) is 2. The van der Waals surface area contributed by atoms with Crippen LogP contribution in [0.15, 0.2) is 60.8 Å². The van der Waals surface area contributed by atoms with Crippen molar-refractivity contribution in [3.63, 3.8) is 0 Å². The summed E-state index contributed by atoms with van der Waals surface area (Å²) in [4.78, 5) is 16.5. The molecule has 1 amide bonds. The van der Waals surface area contributed by atoms with Gasteiger partial charge in [0.15, 0.2) is 0 Å². The number of fused-ring (bicyclic) bond motifs is 1. The van der Waals surface area contributed by atoms with Gasteiger partial charge in [0, 0.05) is 18.2 Å². The highest BCUT2D eigenvalue weighted by Crippen LogP contribution is 2.27. The van der Waals surface area contributed by atoms with Gasteiger partial charge in [-0.2, -0.15) is 0 Å². The normalized spacial score (nSPS) is 10.8. The van der Waals surface area contributed by atoms with Crippen LogP contribution in [0.2, 0.25) is 0 Å². The third-order valence-corrected chi connectivity index (χ3v) is 4.83. The SMILES string of the molecule is CC(=O)Nc1cccc(-c2cnc3sc(NCCOc4ccccc4)nn23)c1. The number of aromatic nitrogens is 3. The van der Waals surface area contributed by atoms with Gasteiger partial charge in [-0.1, -0.05) is 41.7 Å².